The van der Waals surface area contributed by atoms with Crippen LogP contribution in [0.15, 0.2) is 32.3 Å². The van der Waals surface area contributed by atoms with E-state index >= 15 is 0 Å². The molecule has 2 heterocycles. The largest absolute Gasteiger partial charge is 0.332 e. The van der Waals surface area contributed by atoms with Gasteiger partial charge in [0, 0.05) is 10.0 Å². The zero-order chi connectivity index (χ0) is 13.6. The number of benzene rings is 1. The third-order valence-electron chi connectivity index (χ3n) is 2.58. The summed E-state index contributed by atoms with van der Waals surface area (Å²) in [6.07, 6.45) is 0. The fraction of sp³-hybridized carbons (Fsp3) is 0. The predicted molar refractivity (Wildman–Crippen MR) is 75.5 cm³/mol. The maximum absolute atomic E-state index is 11.6. The van der Waals surface area contributed by atoms with Gasteiger partial charge in [-0.1, -0.05) is 11.6 Å². The Bertz CT molecular complexity index is 896. The number of halogens is 2. The van der Waals surface area contributed by atoms with Crippen molar-refractivity contribution in [2.75, 3.05) is 0 Å². The Kier molecular flexibility index (Phi) is 2.79. The Labute approximate surface area is 119 Å². The van der Waals surface area contributed by atoms with Crippen LogP contribution in [0.4, 0.5) is 0 Å². The Hall–Kier alpha value is -1.86. The number of rotatable bonds is 1. The fourth-order valence-corrected chi connectivity index (χ4v) is 2.21. The molecule has 3 N–H and O–H groups in total. The molecule has 0 spiro atoms. The first-order chi connectivity index (χ1) is 9.04. The van der Waals surface area contributed by atoms with Gasteiger partial charge in [-0.25, -0.2) is 9.78 Å². The van der Waals surface area contributed by atoms with Gasteiger partial charge in [-0.05, 0) is 34.1 Å². The molecule has 0 bridgehead atoms. The summed E-state index contributed by atoms with van der Waals surface area (Å²) < 4.78 is 0.717. The summed E-state index contributed by atoms with van der Waals surface area (Å²) in [7, 11) is 0. The first kappa shape index (κ1) is 12.2. The van der Waals surface area contributed by atoms with Crippen molar-refractivity contribution >= 4 is 38.7 Å². The summed E-state index contributed by atoms with van der Waals surface area (Å²) >= 11 is 9.23. The van der Waals surface area contributed by atoms with E-state index in [0.717, 1.165) is 10.0 Å². The van der Waals surface area contributed by atoms with Crippen LogP contribution in [0.1, 0.15) is 0 Å². The zero-order valence-corrected chi connectivity index (χ0v) is 11.6. The Morgan fingerprint density at radius 2 is 1.95 bits per heavy atom. The highest BCUT2D eigenvalue weighted by molar-refractivity contribution is 9.10. The zero-order valence-electron chi connectivity index (χ0n) is 9.25. The highest BCUT2D eigenvalue weighted by atomic mass is 79.9. The monoisotopic (exact) mass is 340 g/mol. The highest BCUT2D eigenvalue weighted by Gasteiger charge is 2.10. The summed E-state index contributed by atoms with van der Waals surface area (Å²) in [5.74, 6) is 0.472. The van der Waals surface area contributed by atoms with Gasteiger partial charge >= 0.3 is 5.69 Å². The van der Waals surface area contributed by atoms with Gasteiger partial charge in [0.25, 0.3) is 5.56 Å². The first-order valence-corrected chi connectivity index (χ1v) is 6.39. The van der Waals surface area contributed by atoms with Crippen molar-refractivity contribution in [3.05, 3.63) is 48.5 Å². The molecule has 96 valence electrons. The van der Waals surface area contributed by atoms with E-state index in [-0.39, 0.29) is 11.2 Å². The molecular formula is C11H6BrClN4O2. The van der Waals surface area contributed by atoms with Crippen LogP contribution in [0.2, 0.25) is 5.02 Å². The second-order valence-electron chi connectivity index (χ2n) is 3.85. The van der Waals surface area contributed by atoms with Crippen LogP contribution in [-0.2, 0) is 0 Å². The summed E-state index contributed by atoms with van der Waals surface area (Å²) in [5.41, 5.74) is 0.0848. The number of hydrogen-bond donors (Lipinski definition) is 3. The minimum Gasteiger partial charge on any atom is -0.332 e. The molecule has 0 aliphatic carbocycles. The Morgan fingerprint density at radius 3 is 2.68 bits per heavy atom. The van der Waals surface area contributed by atoms with E-state index in [4.69, 9.17) is 11.6 Å². The summed E-state index contributed by atoms with van der Waals surface area (Å²) in [4.78, 5) is 34.4. The molecule has 0 amide bonds. The number of imidazole rings is 1. The van der Waals surface area contributed by atoms with Crippen molar-refractivity contribution in [2.24, 2.45) is 0 Å². The second-order valence-corrected chi connectivity index (χ2v) is 5.11. The summed E-state index contributed by atoms with van der Waals surface area (Å²) in [5, 5.41) is 0.575. The van der Waals surface area contributed by atoms with Crippen LogP contribution in [0.5, 0.6) is 0 Å². The van der Waals surface area contributed by atoms with Crippen molar-refractivity contribution in [3.8, 4) is 11.4 Å². The molecule has 19 heavy (non-hydrogen) atoms. The van der Waals surface area contributed by atoms with E-state index < -0.39 is 11.2 Å². The average Bonchev–Trinajstić information content (AvgIpc) is 2.76. The molecule has 2 aromatic heterocycles. The van der Waals surface area contributed by atoms with Crippen LogP contribution >= 0.6 is 27.5 Å². The van der Waals surface area contributed by atoms with E-state index in [9.17, 15) is 9.59 Å². The van der Waals surface area contributed by atoms with Crippen LogP contribution in [0.25, 0.3) is 22.6 Å². The lowest BCUT2D eigenvalue weighted by molar-refractivity contribution is 1.07. The van der Waals surface area contributed by atoms with Gasteiger partial charge in [0.05, 0.1) is 5.02 Å². The van der Waals surface area contributed by atoms with E-state index in [0.29, 0.717) is 10.8 Å². The maximum Gasteiger partial charge on any atom is 0.327 e. The highest BCUT2D eigenvalue weighted by Crippen LogP contribution is 2.27. The molecule has 0 aliphatic heterocycles. The van der Waals surface area contributed by atoms with Crippen LogP contribution in [0, 0.1) is 0 Å². The number of hydrogen-bond acceptors (Lipinski definition) is 3. The maximum atomic E-state index is 11.6. The van der Waals surface area contributed by atoms with Gasteiger partial charge in [0.15, 0.2) is 5.65 Å². The molecule has 1 aromatic carbocycles. The molecule has 0 atom stereocenters. The van der Waals surface area contributed by atoms with E-state index in [1.165, 1.54) is 0 Å². The van der Waals surface area contributed by atoms with Gasteiger partial charge in [-0.3, -0.25) is 14.8 Å². The normalized spacial score (nSPS) is 11.1. The minimum absolute atomic E-state index is 0.217. The van der Waals surface area contributed by atoms with Crippen LogP contribution in [-0.4, -0.2) is 19.9 Å². The number of aromatic nitrogens is 4. The Balaban J connectivity index is 2.26. The van der Waals surface area contributed by atoms with Gasteiger partial charge in [0.2, 0.25) is 0 Å². The molecule has 0 saturated carbocycles. The van der Waals surface area contributed by atoms with Crippen LogP contribution in [0.3, 0.4) is 0 Å². The average molecular weight is 342 g/mol. The SMILES string of the molecule is O=c1[nH]c(=O)c2[nH]c(-c3ccc(Cl)c(Br)c3)nc2[nH]1. The lowest BCUT2D eigenvalue weighted by Gasteiger charge is -1.99. The quantitative estimate of drug-likeness (QED) is 0.632. The second kappa shape index (κ2) is 4.36. The third-order valence-corrected chi connectivity index (χ3v) is 3.80. The molecule has 0 saturated heterocycles. The number of fused-ring (bicyclic) bond motifs is 1. The van der Waals surface area contributed by atoms with E-state index in [1.54, 1.807) is 18.2 Å². The van der Waals surface area contributed by atoms with Crippen molar-refractivity contribution in [3.63, 3.8) is 0 Å². The summed E-state index contributed by atoms with van der Waals surface area (Å²) in [6, 6.07) is 5.24. The lowest BCUT2D eigenvalue weighted by atomic mass is 10.2. The van der Waals surface area contributed by atoms with Crippen LogP contribution < -0.4 is 11.2 Å². The van der Waals surface area contributed by atoms with Crippen molar-refractivity contribution in [2.45, 2.75) is 0 Å². The molecule has 8 heteroatoms. The van der Waals surface area contributed by atoms with E-state index in [1.807, 2.05) is 0 Å². The molecular weight excluding hydrogens is 336 g/mol. The molecule has 0 unspecified atom stereocenters. The Morgan fingerprint density at radius 1 is 1.16 bits per heavy atom. The number of H-pyrrole nitrogens is 3. The summed E-state index contributed by atoms with van der Waals surface area (Å²) in [6.45, 7) is 0. The molecule has 0 aliphatic rings. The number of nitrogens with one attached hydrogen (secondary N) is 3. The molecule has 3 rings (SSSR count). The van der Waals surface area contributed by atoms with Gasteiger partial charge in [-0.15, -0.1) is 0 Å². The predicted octanol–water partition coefficient (Wildman–Crippen LogP) is 2.02. The molecule has 3 aromatic rings. The lowest BCUT2D eigenvalue weighted by Crippen LogP contribution is -2.21. The number of aromatic amines is 3. The number of nitrogens with zero attached hydrogens (tertiary/aromatic N) is 1. The smallest absolute Gasteiger partial charge is 0.327 e. The van der Waals surface area contributed by atoms with Crippen molar-refractivity contribution in [1.29, 1.82) is 0 Å². The van der Waals surface area contributed by atoms with Gasteiger partial charge < -0.3 is 4.98 Å². The van der Waals surface area contributed by atoms with Gasteiger partial charge in [0.1, 0.15) is 11.3 Å². The molecule has 0 fully saturated rings. The van der Waals surface area contributed by atoms with Crippen molar-refractivity contribution < 1.29 is 0 Å². The molecule has 6 nitrogen and oxygen atoms in total. The molecule has 0 radical (unpaired) electrons. The van der Waals surface area contributed by atoms with Crippen molar-refractivity contribution in [1.82, 2.24) is 19.9 Å². The third kappa shape index (κ3) is 2.11. The fourth-order valence-electron chi connectivity index (χ4n) is 1.71. The topological polar surface area (TPSA) is 94.4 Å². The first-order valence-electron chi connectivity index (χ1n) is 5.22. The standard InChI is InChI=1S/C11H6BrClN4O2/c12-5-3-4(1-2-6(5)13)8-14-7-9(15-8)16-11(19)17-10(7)18/h1-3H,(H3,14,15,16,17,18,19). The van der Waals surface area contributed by atoms with Gasteiger partial charge in [-0.2, -0.15) is 0 Å². The van der Waals surface area contributed by atoms with E-state index in [2.05, 4.69) is 35.9 Å². The minimum atomic E-state index is -0.590.